The Balaban J connectivity index is 2.33. The fourth-order valence-electron chi connectivity index (χ4n) is 2.91. The Hall–Kier alpha value is -2.85. The van der Waals surface area contributed by atoms with Gasteiger partial charge in [0.25, 0.3) is 5.69 Å². The average Bonchev–Trinajstić information content (AvgIpc) is 2.66. The second kappa shape index (κ2) is 9.10. The number of likely N-dealkylation sites (N-methyl/N-ethyl adjacent to an activating group) is 1. The van der Waals surface area contributed by atoms with Crippen molar-refractivity contribution in [3.05, 3.63) is 52.1 Å². The summed E-state index contributed by atoms with van der Waals surface area (Å²) in [5.41, 5.74) is 0.878. The topological polar surface area (TPSA) is 111 Å². The summed E-state index contributed by atoms with van der Waals surface area (Å²) in [6, 6.07) is 9.25. The highest BCUT2D eigenvalue weighted by Crippen LogP contribution is 2.33. The number of methoxy groups -OCH3 is 2. The average molecular weight is 423 g/mol. The summed E-state index contributed by atoms with van der Waals surface area (Å²) in [7, 11) is 3.35. The minimum absolute atomic E-state index is 0.0983. The van der Waals surface area contributed by atoms with Gasteiger partial charge < -0.3 is 19.7 Å². The molecule has 0 aliphatic rings. The molecule has 9 nitrogen and oxygen atoms in total. The molecule has 0 saturated carbocycles. The van der Waals surface area contributed by atoms with Gasteiger partial charge in [-0.05, 0) is 43.9 Å². The van der Waals surface area contributed by atoms with Crippen molar-refractivity contribution in [3.63, 3.8) is 0 Å². The molecule has 0 heterocycles. The molecule has 0 bridgehead atoms. The SMILES string of the molecule is COc1ccc([C@@H](CNc2ccc(S(C)(=O)=O)cc2[N+](=O)[O-])N(C)C)cc1OC. The predicted octanol–water partition coefficient (Wildman–Crippen LogP) is 2.73. The molecule has 0 amide bonds. The van der Waals surface area contributed by atoms with Crippen molar-refractivity contribution >= 4 is 21.2 Å². The summed E-state index contributed by atoms with van der Waals surface area (Å²) in [6.07, 6.45) is 1.01. The maximum atomic E-state index is 11.7. The second-order valence-electron chi connectivity index (χ2n) is 6.68. The van der Waals surface area contributed by atoms with Gasteiger partial charge >= 0.3 is 0 Å². The number of hydrogen-bond acceptors (Lipinski definition) is 8. The van der Waals surface area contributed by atoms with E-state index in [-0.39, 0.29) is 22.3 Å². The number of nitro benzene ring substituents is 1. The minimum atomic E-state index is -3.54. The lowest BCUT2D eigenvalue weighted by Gasteiger charge is -2.26. The first-order valence-electron chi connectivity index (χ1n) is 8.69. The van der Waals surface area contributed by atoms with Crippen LogP contribution in [0.5, 0.6) is 11.5 Å². The van der Waals surface area contributed by atoms with Crippen LogP contribution in [0.1, 0.15) is 11.6 Å². The molecule has 2 aromatic carbocycles. The standard InChI is InChI=1S/C19H25N3O6S/c1-21(2)17(13-6-9-18(27-3)19(10-13)28-4)12-20-15-8-7-14(29(5,25)26)11-16(15)22(23)24/h6-11,17,20H,12H2,1-5H3/t17-/m1/s1. The van der Waals surface area contributed by atoms with Crippen LogP contribution in [0.3, 0.4) is 0 Å². The van der Waals surface area contributed by atoms with E-state index in [1.165, 1.54) is 12.1 Å². The molecule has 0 radical (unpaired) electrons. The molecule has 0 fully saturated rings. The minimum Gasteiger partial charge on any atom is -0.493 e. The summed E-state index contributed by atoms with van der Waals surface area (Å²) >= 11 is 0. The summed E-state index contributed by atoms with van der Waals surface area (Å²) < 4.78 is 34.0. The summed E-state index contributed by atoms with van der Waals surface area (Å²) in [4.78, 5) is 12.7. The number of hydrogen-bond donors (Lipinski definition) is 1. The maximum absolute atomic E-state index is 11.7. The van der Waals surface area contributed by atoms with Crippen molar-refractivity contribution in [2.75, 3.05) is 46.4 Å². The third-order valence-electron chi connectivity index (χ3n) is 4.50. The van der Waals surface area contributed by atoms with Crippen molar-refractivity contribution < 1.29 is 22.8 Å². The molecule has 1 N–H and O–H groups in total. The molecule has 2 aromatic rings. The molecular weight excluding hydrogens is 398 g/mol. The van der Waals surface area contributed by atoms with Crippen LogP contribution in [-0.2, 0) is 9.84 Å². The van der Waals surface area contributed by atoms with Gasteiger partial charge in [0.2, 0.25) is 0 Å². The Kier molecular flexibility index (Phi) is 7.04. The van der Waals surface area contributed by atoms with E-state index in [2.05, 4.69) is 5.32 Å². The lowest BCUT2D eigenvalue weighted by molar-refractivity contribution is -0.384. The molecule has 158 valence electrons. The number of ether oxygens (including phenoxy) is 2. The van der Waals surface area contributed by atoms with Crippen molar-refractivity contribution in [2.45, 2.75) is 10.9 Å². The smallest absolute Gasteiger partial charge is 0.293 e. The third-order valence-corrected chi connectivity index (χ3v) is 5.61. The number of nitrogens with zero attached hydrogens (tertiary/aromatic N) is 2. The fraction of sp³-hybridized carbons (Fsp3) is 0.368. The van der Waals surface area contributed by atoms with E-state index in [0.717, 1.165) is 17.9 Å². The Bertz CT molecular complexity index is 991. The third kappa shape index (κ3) is 5.36. The predicted molar refractivity (Wildman–Crippen MR) is 111 cm³/mol. The zero-order valence-corrected chi connectivity index (χ0v) is 17.8. The molecule has 2 rings (SSSR count). The van der Waals surface area contributed by atoms with Crippen molar-refractivity contribution in [2.24, 2.45) is 0 Å². The molecule has 0 aromatic heterocycles. The molecule has 10 heteroatoms. The first-order valence-corrected chi connectivity index (χ1v) is 10.6. The van der Waals surface area contributed by atoms with Crippen molar-refractivity contribution in [3.8, 4) is 11.5 Å². The number of sulfone groups is 1. The van der Waals surface area contributed by atoms with Crippen LogP contribution < -0.4 is 14.8 Å². The molecule has 0 aliphatic carbocycles. The van der Waals surface area contributed by atoms with Crippen molar-refractivity contribution in [1.82, 2.24) is 4.90 Å². The highest BCUT2D eigenvalue weighted by molar-refractivity contribution is 7.90. The lowest BCUT2D eigenvalue weighted by Crippen LogP contribution is -2.27. The van der Waals surface area contributed by atoms with Gasteiger partial charge in [0.15, 0.2) is 21.3 Å². The Morgan fingerprint density at radius 3 is 2.28 bits per heavy atom. The monoisotopic (exact) mass is 423 g/mol. The van der Waals surface area contributed by atoms with E-state index < -0.39 is 14.8 Å². The molecule has 29 heavy (non-hydrogen) atoms. The van der Waals surface area contributed by atoms with Crippen LogP contribution in [0.25, 0.3) is 0 Å². The van der Waals surface area contributed by atoms with Crippen LogP contribution in [0.15, 0.2) is 41.3 Å². The summed E-state index contributed by atoms with van der Waals surface area (Å²) in [5.74, 6) is 1.19. The van der Waals surface area contributed by atoms with Gasteiger partial charge in [0, 0.05) is 18.9 Å². The highest BCUT2D eigenvalue weighted by Gasteiger charge is 2.21. The van der Waals surface area contributed by atoms with E-state index in [1.54, 1.807) is 20.3 Å². The number of nitrogens with one attached hydrogen (secondary N) is 1. The van der Waals surface area contributed by atoms with Crippen LogP contribution in [-0.4, -0.2) is 59.4 Å². The molecular formula is C19H25N3O6S. The summed E-state index contributed by atoms with van der Waals surface area (Å²) in [6.45, 7) is 0.349. The van der Waals surface area contributed by atoms with E-state index >= 15 is 0 Å². The van der Waals surface area contributed by atoms with Gasteiger partial charge in [-0.1, -0.05) is 6.07 Å². The molecule has 0 unspecified atom stereocenters. The quantitative estimate of drug-likeness (QED) is 0.484. The molecule has 1 atom stereocenters. The van der Waals surface area contributed by atoms with Crippen LogP contribution in [0.4, 0.5) is 11.4 Å². The fourth-order valence-corrected chi connectivity index (χ4v) is 3.55. The maximum Gasteiger partial charge on any atom is 0.293 e. The van der Waals surface area contributed by atoms with Gasteiger partial charge in [-0.25, -0.2) is 8.42 Å². The van der Waals surface area contributed by atoms with E-state index in [9.17, 15) is 18.5 Å². The van der Waals surface area contributed by atoms with Crippen LogP contribution >= 0.6 is 0 Å². The van der Waals surface area contributed by atoms with Gasteiger partial charge in [0.1, 0.15) is 5.69 Å². The zero-order valence-electron chi connectivity index (χ0n) is 17.0. The van der Waals surface area contributed by atoms with Crippen molar-refractivity contribution in [1.29, 1.82) is 0 Å². The van der Waals surface area contributed by atoms with Gasteiger partial charge in [-0.2, -0.15) is 0 Å². The van der Waals surface area contributed by atoms with Gasteiger partial charge in [-0.15, -0.1) is 0 Å². The molecule has 0 spiro atoms. The van der Waals surface area contributed by atoms with E-state index in [4.69, 9.17) is 9.47 Å². The first kappa shape index (κ1) is 22.4. The van der Waals surface area contributed by atoms with Crippen LogP contribution in [0.2, 0.25) is 0 Å². The van der Waals surface area contributed by atoms with E-state index in [0.29, 0.717) is 18.0 Å². The summed E-state index contributed by atoms with van der Waals surface area (Å²) in [5, 5.41) is 14.5. The molecule has 0 saturated heterocycles. The Morgan fingerprint density at radius 2 is 1.76 bits per heavy atom. The van der Waals surface area contributed by atoms with Gasteiger partial charge in [0.05, 0.1) is 30.1 Å². The largest absolute Gasteiger partial charge is 0.493 e. The van der Waals surface area contributed by atoms with Crippen LogP contribution in [0, 0.1) is 10.1 Å². The van der Waals surface area contributed by atoms with E-state index in [1.807, 2.05) is 31.1 Å². The normalized spacial score (nSPS) is 12.5. The number of nitro groups is 1. The second-order valence-corrected chi connectivity index (χ2v) is 8.70. The Labute approximate surface area is 170 Å². The number of benzene rings is 2. The van der Waals surface area contributed by atoms with Gasteiger partial charge in [-0.3, -0.25) is 10.1 Å². The number of rotatable bonds is 9. The molecule has 0 aliphatic heterocycles. The first-order chi connectivity index (χ1) is 13.6. The lowest BCUT2D eigenvalue weighted by atomic mass is 10.0. The zero-order chi connectivity index (χ0) is 21.8. The Morgan fingerprint density at radius 1 is 1.10 bits per heavy atom. The highest BCUT2D eigenvalue weighted by atomic mass is 32.2. The number of anilines is 1.